The molecular weight excluding hydrogens is 208 g/mol. The van der Waals surface area contributed by atoms with Gasteiger partial charge in [0.2, 0.25) is 0 Å². The summed E-state index contributed by atoms with van der Waals surface area (Å²) in [5.41, 5.74) is 7.06. The Morgan fingerprint density at radius 2 is 2.06 bits per heavy atom. The molecule has 2 N–H and O–H groups in total. The Bertz CT molecular complexity index is 438. The van der Waals surface area contributed by atoms with E-state index in [4.69, 9.17) is 5.73 Å². The second kappa shape index (κ2) is 4.34. The van der Waals surface area contributed by atoms with Crippen molar-refractivity contribution in [3.63, 3.8) is 0 Å². The van der Waals surface area contributed by atoms with Crippen LogP contribution in [-0.2, 0) is 0 Å². The van der Waals surface area contributed by atoms with Gasteiger partial charge in [0.1, 0.15) is 11.6 Å². The summed E-state index contributed by atoms with van der Waals surface area (Å²) in [5.74, 6) is -0.955. The van der Waals surface area contributed by atoms with Gasteiger partial charge < -0.3 is 5.73 Å². The van der Waals surface area contributed by atoms with Crippen LogP contribution in [0.2, 0.25) is 0 Å². The van der Waals surface area contributed by atoms with Crippen LogP contribution in [0.25, 0.3) is 5.57 Å². The molecule has 1 aliphatic rings. The van der Waals surface area contributed by atoms with E-state index in [0.717, 1.165) is 12.8 Å². The molecule has 0 heterocycles. The fraction of sp³-hybridized carbons (Fsp3) is 0.385. The maximum atomic E-state index is 13.9. The van der Waals surface area contributed by atoms with Gasteiger partial charge in [0.15, 0.2) is 0 Å². The van der Waals surface area contributed by atoms with E-state index in [0.29, 0.717) is 17.6 Å². The average Bonchev–Trinajstić information content (AvgIpc) is 2.24. The summed E-state index contributed by atoms with van der Waals surface area (Å²) in [6.07, 6.45) is 4.26. The lowest BCUT2D eigenvalue weighted by Gasteiger charge is -2.19. The molecule has 0 radical (unpaired) electrons. The van der Waals surface area contributed by atoms with Gasteiger partial charge in [-0.15, -0.1) is 0 Å². The maximum absolute atomic E-state index is 13.9. The molecular formula is C13H15F2N. The van der Waals surface area contributed by atoms with Crippen molar-refractivity contribution in [2.45, 2.75) is 32.2 Å². The monoisotopic (exact) mass is 223 g/mol. The lowest BCUT2D eigenvalue weighted by atomic mass is 9.90. The zero-order chi connectivity index (χ0) is 11.7. The molecule has 16 heavy (non-hydrogen) atoms. The number of benzene rings is 1. The SMILES string of the molecule is Cc1ccc(F)c(C2=CC(N)CCC2)c1F. The van der Waals surface area contributed by atoms with Crippen molar-refractivity contribution < 1.29 is 8.78 Å². The van der Waals surface area contributed by atoms with Crippen LogP contribution >= 0.6 is 0 Å². The number of aryl methyl sites for hydroxylation is 1. The Balaban J connectivity index is 2.51. The van der Waals surface area contributed by atoms with E-state index in [2.05, 4.69) is 0 Å². The van der Waals surface area contributed by atoms with E-state index in [9.17, 15) is 8.78 Å². The summed E-state index contributed by atoms with van der Waals surface area (Å²) in [6.45, 7) is 1.64. The molecule has 0 saturated heterocycles. The molecule has 0 aliphatic heterocycles. The quantitative estimate of drug-likeness (QED) is 0.777. The van der Waals surface area contributed by atoms with Crippen molar-refractivity contribution in [3.05, 3.63) is 41.0 Å². The highest BCUT2D eigenvalue weighted by atomic mass is 19.1. The third kappa shape index (κ3) is 2.00. The third-order valence-corrected chi connectivity index (χ3v) is 3.00. The van der Waals surface area contributed by atoms with Crippen LogP contribution in [0.1, 0.15) is 30.4 Å². The van der Waals surface area contributed by atoms with Gasteiger partial charge in [0.05, 0.1) is 0 Å². The lowest BCUT2D eigenvalue weighted by Crippen LogP contribution is -2.20. The van der Waals surface area contributed by atoms with Crippen LogP contribution in [0, 0.1) is 18.6 Å². The predicted octanol–water partition coefficient (Wildman–Crippen LogP) is 3.17. The van der Waals surface area contributed by atoms with E-state index in [1.165, 1.54) is 12.1 Å². The van der Waals surface area contributed by atoms with Crippen molar-refractivity contribution >= 4 is 5.57 Å². The largest absolute Gasteiger partial charge is 0.324 e. The summed E-state index contributed by atoms with van der Waals surface area (Å²) in [7, 11) is 0. The van der Waals surface area contributed by atoms with Gasteiger partial charge in [-0.2, -0.15) is 0 Å². The van der Waals surface area contributed by atoms with Crippen molar-refractivity contribution in [3.8, 4) is 0 Å². The van der Waals surface area contributed by atoms with Crippen LogP contribution in [0.3, 0.4) is 0 Å². The molecule has 1 nitrogen and oxygen atoms in total. The van der Waals surface area contributed by atoms with Crippen molar-refractivity contribution in [2.75, 3.05) is 0 Å². The van der Waals surface area contributed by atoms with Gasteiger partial charge in [0, 0.05) is 11.6 Å². The summed E-state index contributed by atoms with van der Waals surface area (Å²) in [4.78, 5) is 0. The first-order valence-corrected chi connectivity index (χ1v) is 5.51. The fourth-order valence-corrected chi connectivity index (χ4v) is 2.11. The number of allylic oxidation sites excluding steroid dienone is 1. The van der Waals surface area contributed by atoms with E-state index in [-0.39, 0.29) is 11.6 Å². The Kier molecular flexibility index (Phi) is 3.06. The first kappa shape index (κ1) is 11.3. The van der Waals surface area contributed by atoms with Crippen LogP contribution in [0.5, 0.6) is 0 Å². The topological polar surface area (TPSA) is 26.0 Å². The first-order chi connectivity index (χ1) is 7.59. The molecule has 0 bridgehead atoms. The van der Waals surface area contributed by atoms with Crippen molar-refractivity contribution in [2.24, 2.45) is 5.73 Å². The Labute approximate surface area is 94.0 Å². The molecule has 1 aromatic rings. The minimum Gasteiger partial charge on any atom is -0.324 e. The van der Waals surface area contributed by atoms with Crippen LogP contribution in [-0.4, -0.2) is 6.04 Å². The lowest BCUT2D eigenvalue weighted by molar-refractivity contribution is 0.565. The van der Waals surface area contributed by atoms with Crippen LogP contribution in [0.15, 0.2) is 18.2 Å². The van der Waals surface area contributed by atoms with Gasteiger partial charge in [-0.1, -0.05) is 12.1 Å². The van der Waals surface area contributed by atoms with E-state index in [1.54, 1.807) is 13.0 Å². The molecule has 1 aliphatic carbocycles. The molecule has 1 atom stereocenters. The molecule has 86 valence electrons. The molecule has 1 aromatic carbocycles. The molecule has 3 heteroatoms. The molecule has 0 fully saturated rings. The number of halogens is 2. The van der Waals surface area contributed by atoms with Crippen LogP contribution < -0.4 is 5.73 Å². The van der Waals surface area contributed by atoms with E-state index in [1.807, 2.05) is 0 Å². The van der Waals surface area contributed by atoms with E-state index >= 15 is 0 Å². The highest BCUT2D eigenvalue weighted by Crippen LogP contribution is 2.31. The zero-order valence-electron chi connectivity index (χ0n) is 9.26. The number of hydrogen-bond acceptors (Lipinski definition) is 1. The van der Waals surface area contributed by atoms with Gasteiger partial charge in [-0.25, -0.2) is 8.78 Å². The van der Waals surface area contributed by atoms with Gasteiger partial charge in [-0.3, -0.25) is 0 Å². The number of rotatable bonds is 1. The highest BCUT2D eigenvalue weighted by Gasteiger charge is 2.19. The summed E-state index contributed by atoms with van der Waals surface area (Å²) >= 11 is 0. The zero-order valence-corrected chi connectivity index (χ0v) is 9.26. The second-order valence-electron chi connectivity index (χ2n) is 4.30. The Morgan fingerprint density at radius 3 is 2.75 bits per heavy atom. The highest BCUT2D eigenvalue weighted by molar-refractivity contribution is 5.68. The standard InChI is InChI=1S/C13H15F2N/c1-8-5-6-11(14)12(13(8)15)9-3-2-4-10(16)7-9/h5-7,10H,2-4,16H2,1H3. The Hall–Kier alpha value is -1.22. The summed E-state index contributed by atoms with van der Waals surface area (Å²) in [6, 6.07) is 2.69. The molecule has 2 rings (SSSR count). The minimum absolute atomic E-state index is 0.0805. The fourth-order valence-electron chi connectivity index (χ4n) is 2.11. The predicted molar refractivity (Wildman–Crippen MR) is 60.9 cm³/mol. The molecule has 0 spiro atoms. The molecule has 0 aromatic heterocycles. The van der Waals surface area contributed by atoms with Gasteiger partial charge in [0.25, 0.3) is 0 Å². The first-order valence-electron chi connectivity index (χ1n) is 5.51. The number of hydrogen-bond donors (Lipinski definition) is 1. The summed E-state index contributed by atoms with van der Waals surface area (Å²) in [5, 5.41) is 0. The summed E-state index contributed by atoms with van der Waals surface area (Å²) < 4.78 is 27.5. The minimum atomic E-state index is -0.497. The van der Waals surface area contributed by atoms with Gasteiger partial charge >= 0.3 is 0 Å². The van der Waals surface area contributed by atoms with E-state index < -0.39 is 11.6 Å². The second-order valence-corrected chi connectivity index (χ2v) is 4.30. The van der Waals surface area contributed by atoms with Crippen molar-refractivity contribution in [1.82, 2.24) is 0 Å². The molecule has 1 unspecified atom stereocenters. The Morgan fingerprint density at radius 1 is 1.31 bits per heavy atom. The van der Waals surface area contributed by atoms with Crippen molar-refractivity contribution in [1.29, 1.82) is 0 Å². The maximum Gasteiger partial charge on any atom is 0.136 e. The van der Waals surface area contributed by atoms with Crippen LogP contribution in [0.4, 0.5) is 8.78 Å². The normalized spacial score (nSPS) is 20.8. The molecule has 0 amide bonds. The number of nitrogens with two attached hydrogens (primary N) is 1. The third-order valence-electron chi connectivity index (χ3n) is 3.00. The average molecular weight is 223 g/mol. The molecule has 0 saturated carbocycles. The van der Waals surface area contributed by atoms with Gasteiger partial charge in [-0.05, 0) is 43.4 Å². The smallest absolute Gasteiger partial charge is 0.136 e.